The zero-order valence-corrected chi connectivity index (χ0v) is 11.6. The van der Waals surface area contributed by atoms with Crippen LogP contribution in [0, 0.1) is 12.7 Å². The van der Waals surface area contributed by atoms with Crippen LogP contribution in [-0.2, 0) is 16.1 Å². The van der Waals surface area contributed by atoms with Gasteiger partial charge >= 0.3 is 11.8 Å². The van der Waals surface area contributed by atoms with Crippen LogP contribution in [0.15, 0.2) is 35.7 Å². The SMILES string of the molecule is Cc1ccc(F)cc1NC(=O)C(=O)NCc1cccs1. The number of aryl methyl sites for hydroxylation is 1. The Morgan fingerprint density at radius 2 is 2.05 bits per heavy atom. The number of amides is 2. The smallest absolute Gasteiger partial charge is 0.313 e. The molecule has 0 aliphatic rings. The third-order valence-corrected chi connectivity index (χ3v) is 3.53. The van der Waals surface area contributed by atoms with Crippen molar-refractivity contribution in [1.82, 2.24) is 5.32 Å². The molecule has 1 heterocycles. The second-order valence-electron chi connectivity index (χ2n) is 4.18. The van der Waals surface area contributed by atoms with E-state index >= 15 is 0 Å². The summed E-state index contributed by atoms with van der Waals surface area (Å²) in [6.45, 7) is 2.02. The number of thiophene rings is 1. The summed E-state index contributed by atoms with van der Waals surface area (Å²) >= 11 is 1.49. The third kappa shape index (κ3) is 3.64. The van der Waals surface area contributed by atoms with Crippen LogP contribution in [-0.4, -0.2) is 11.8 Å². The number of hydrogen-bond donors (Lipinski definition) is 2. The lowest BCUT2D eigenvalue weighted by atomic mass is 10.2. The van der Waals surface area contributed by atoms with Crippen LogP contribution < -0.4 is 10.6 Å². The van der Waals surface area contributed by atoms with Gasteiger partial charge in [-0.2, -0.15) is 0 Å². The highest BCUT2D eigenvalue weighted by Gasteiger charge is 2.14. The van der Waals surface area contributed by atoms with Gasteiger partial charge in [-0.1, -0.05) is 12.1 Å². The predicted octanol–water partition coefficient (Wildman–Crippen LogP) is 2.45. The number of carbonyl (C=O) groups is 2. The molecule has 6 heteroatoms. The van der Waals surface area contributed by atoms with Crippen LogP contribution in [0.2, 0.25) is 0 Å². The number of carbonyl (C=O) groups excluding carboxylic acids is 2. The predicted molar refractivity (Wildman–Crippen MR) is 75.9 cm³/mol. The van der Waals surface area contributed by atoms with E-state index in [0.717, 1.165) is 4.88 Å². The summed E-state index contributed by atoms with van der Waals surface area (Å²) in [5, 5.41) is 6.78. The number of hydrogen-bond acceptors (Lipinski definition) is 3. The highest BCUT2D eigenvalue weighted by atomic mass is 32.1. The van der Waals surface area contributed by atoms with Crippen molar-refractivity contribution in [2.75, 3.05) is 5.32 Å². The first-order chi connectivity index (χ1) is 9.56. The van der Waals surface area contributed by atoms with Gasteiger partial charge in [0.2, 0.25) is 0 Å². The molecule has 0 saturated heterocycles. The molecule has 0 bridgehead atoms. The van der Waals surface area contributed by atoms with Crippen LogP contribution >= 0.6 is 11.3 Å². The molecule has 0 atom stereocenters. The minimum absolute atomic E-state index is 0.293. The summed E-state index contributed by atoms with van der Waals surface area (Å²) in [6, 6.07) is 7.73. The highest BCUT2D eigenvalue weighted by Crippen LogP contribution is 2.15. The molecule has 1 aromatic heterocycles. The summed E-state index contributed by atoms with van der Waals surface area (Å²) in [4.78, 5) is 24.3. The van der Waals surface area contributed by atoms with Crippen LogP contribution in [0.1, 0.15) is 10.4 Å². The van der Waals surface area contributed by atoms with Gasteiger partial charge < -0.3 is 10.6 Å². The largest absolute Gasteiger partial charge is 0.343 e. The zero-order valence-electron chi connectivity index (χ0n) is 10.8. The van der Waals surface area contributed by atoms with E-state index in [0.29, 0.717) is 17.8 Å². The van der Waals surface area contributed by atoms with Crippen LogP contribution in [0.25, 0.3) is 0 Å². The van der Waals surface area contributed by atoms with Crippen molar-refractivity contribution in [2.45, 2.75) is 13.5 Å². The molecule has 0 spiro atoms. The topological polar surface area (TPSA) is 58.2 Å². The molecule has 0 aliphatic carbocycles. The lowest BCUT2D eigenvalue weighted by Gasteiger charge is -2.08. The van der Waals surface area contributed by atoms with Gasteiger partial charge in [-0.05, 0) is 36.1 Å². The average molecular weight is 292 g/mol. The summed E-state index contributed by atoms with van der Waals surface area (Å²) in [6.07, 6.45) is 0. The molecule has 2 rings (SSSR count). The van der Waals surface area contributed by atoms with Crippen LogP contribution in [0.5, 0.6) is 0 Å². The Hall–Kier alpha value is -2.21. The van der Waals surface area contributed by atoms with E-state index in [4.69, 9.17) is 0 Å². The van der Waals surface area contributed by atoms with Crippen molar-refractivity contribution in [3.05, 3.63) is 52.0 Å². The van der Waals surface area contributed by atoms with E-state index in [-0.39, 0.29) is 0 Å². The molecular weight excluding hydrogens is 279 g/mol. The maximum atomic E-state index is 13.1. The molecule has 2 aromatic rings. The molecule has 0 unspecified atom stereocenters. The number of benzene rings is 1. The molecular formula is C14H13FN2O2S. The Morgan fingerprint density at radius 1 is 1.25 bits per heavy atom. The first-order valence-corrected chi connectivity index (χ1v) is 6.82. The van der Waals surface area contributed by atoms with E-state index in [2.05, 4.69) is 10.6 Å². The second kappa shape index (κ2) is 6.29. The van der Waals surface area contributed by atoms with E-state index in [1.54, 1.807) is 6.92 Å². The molecule has 0 radical (unpaired) electrons. The van der Waals surface area contributed by atoms with E-state index in [1.165, 1.54) is 29.5 Å². The minimum atomic E-state index is -0.810. The number of rotatable bonds is 3. The molecule has 0 saturated carbocycles. The lowest BCUT2D eigenvalue weighted by molar-refractivity contribution is -0.136. The van der Waals surface area contributed by atoms with Gasteiger partial charge in [0.05, 0.1) is 6.54 Å². The standard InChI is InChI=1S/C14H13FN2O2S/c1-9-4-5-10(15)7-12(9)17-14(19)13(18)16-8-11-3-2-6-20-11/h2-7H,8H2,1H3,(H,16,18)(H,17,19). The fourth-order valence-corrected chi connectivity index (χ4v) is 2.21. The van der Waals surface area contributed by atoms with Crippen LogP contribution in [0.3, 0.4) is 0 Å². The van der Waals surface area contributed by atoms with Crippen LogP contribution in [0.4, 0.5) is 10.1 Å². The molecule has 104 valence electrons. The van der Waals surface area contributed by atoms with E-state index in [9.17, 15) is 14.0 Å². The van der Waals surface area contributed by atoms with Gasteiger partial charge in [-0.25, -0.2) is 4.39 Å². The van der Waals surface area contributed by atoms with Gasteiger partial charge in [0.1, 0.15) is 5.82 Å². The highest BCUT2D eigenvalue weighted by molar-refractivity contribution is 7.09. The third-order valence-electron chi connectivity index (χ3n) is 2.66. The molecule has 1 aromatic carbocycles. The van der Waals surface area contributed by atoms with Gasteiger partial charge in [0, 0.05) is 10.6 Å². The maximum absolute atomic E-state index is 13.1. The second-order valence-corrected chi connectivity index (χ2v) is 5.21. The average Bonchev–Trinajstić information content (AvgIpc) is 2.93. The molecule has 2 N–H and O–H groups in total. The van der Waals surface area contributed by atoms with Crippen molar-refractivity contribution < 1.29 is 14.0 Å². The molecule has 4 nitrogen and oxygen atoms in total. The van der Waals surface area contributed by atoms with Gasteiger partial charge in [-0.15, -0.1) is 11.3 Å². The van der Waals surface area contributed by atoms with E-state index in [1.807, 2.05) is 17.5 Å². The Morgan fingerprint density at radius 3 is 2.75 bits per heavy atom. The van der Waals surface area contributed by atoms with Gasteiger partial charge in [-0.3, -0.25) is 9.59 Å². The first kappa shape index (κ1) is 14.2. The van der Waals surface area contributed by atoms with Crippen molar-refractivity contribution in [3.8, 4) is 0 Å². The van der Waals surface area contributed by atoms with Crippen molar-refractivity contribution in [1.29, 1.82) is 0 Å². The normalized spacial score (nSPS) is 10.1. The Kier molecular flexibility index (Phi) is 4.47. The van der Waals surface area contributed by atoms with Crippen molar-refractivity contribution in [3.63, 3.8) is 0 Å². The number of anilines is 1. The minimum Gasteiger partial charge on any atom is -0.343 e. The summed E-state index contributed by atoms with van der Waals surface area (Å²) < 4.78 is 13.1. The molecule has 0 fully saturated rings. The first-order valence-electron chi connectivity index (χ1n) is 5.94. The Bertz CT molecular complexity index is 626. The quantitative estimate of drug-likeness (QED) is 0.854. The Labute approximate surface area is 119 Å². The van der Waals surface area contributed by atoms with Gasteiger partial charge in [0.25, 0.3) is 0 Å². The van der Waals surface area contributed by atoms with Gasteiger partial charge in [0.15, 0.2) is 0 Å². The fourth-order valence-electron chi connectivity index (χ4n) is 1.57. The molecule has 2 amide bonds. The monoisotopic (exact) mass is 292 g/mol. The van der Waals surface area contributed by atoms with E-state index < -0.39 is 17.6 Å². The summed E-state index contributed by atoms with van der Waals surface area (Å²) in [7, 11) is 0. The Balaban J connectivity index is 1.93. The fraction of sp³-hybridized carbons (Fsp3) is 0.143. The lowest BCUT2D eigenvalue weighted by Crippen LogP contribution is -2.34. The zero-order chi connectivity index (χ0) is 14.5. The van der Waals surface area contributed by atoms with Crippen molar-refractivity contribution >= 4 is 28.8 Å². The maximum Gasteiger partial charge on any atom is 0.313 e. The summed E-state index contributed by atoms with van der Waals surface area (Å²) in [5.41, 5.74) is 0.979. The molecule has 0 aliphatic heterocycles. The van der Waals surface area contributed by atoms with Crippen molar-refractivity contribution in [2.24, 2.45) is 0 Å². The molecule has 20 heavy (non-hydrogen) atoms. The summed E-state index contributed by atoms with van der Waals surface area (Å²) in [5.74, 6) is -2.03. The number of halogens is 1. The number of nitrogens with one attached hydrogen (secondary N) is 2.